The maximum atomic E-state index is 11.9. The average molecular weight is 327 g/mol. The summed E-state index contributed by atoms with van der Waals surface area (Å²) in [6.07, 6.45) is -2.34. The van der Waals surface area contributed by atoms with Crippen LogP contribution in [0.25, 0.3) is 0 Å². The van der Waals surface area contributed by atoms with Gasteiger partial charge in [-0.3, -0.25) is 0 Å². The van der Waals surface area contributed by atoms with E-state index in [1.807, 2.05) is 30.5 Å². The molecular weight excluding hydrogens is 318 g/mol. The fourth-order valence-electron chi connectivity index (χ4n) is 1.04. The van der Waals surface area contributed by atoms with E-state index in [-0.39, 0.29) is 56.5 Å². The Hall–Kier alpha value is -0.114. The van der Waals surface area contributed by atoms with Gasteiger partial charge >= 0.3 is 57.6 Å². The molecule has 0 unspecified atom stereocenters. The van der Waals surface area contributed by atoms with Gasteiger partial charge in [-0.1, -0.05) is 11.8 Å². The molecule has 0 amide bonds. The van der Waals surface area contributed by atoms with E-state index in [0.29, 0.717) is 0 Å². The summed E-state index contributed by atoms with van der Waals surface area (Å²) in [6, 6.07) is 11.7. The van der Waals surface area contributed by atoms with Crippen molar-refractivity contribution in [2.24, 2.45) is 0 Å². The molecule has 0 saturated carbocycles. The Balaban J connectivity index is 0.000000359. The second kappa shape index (κ2) is 9.76. The van der Waals surface area contributed by atoms with Crippen LogP contribution in [0.2, 0.25) is 5.15 Å². The molecule has 0 bridgehead atoms. The van der Waals surface area contributed by atoms with E-state index < -0.39 is 11.7 Å². The Morgan fingerprint density at radius 1 is 1.25 bits per heavy atom. The van der Waals surface area contributed by atoms with Crippen molar-refractivity contribution in [2.75, 3.05) is 7.11 Å². The minimum Gasteiger partial charge on any atom is -0.522 e. The van der Waals surface area contributed by atoms with Crippen LogP contribution in [0.4, 0.5) is 13.2 Å². The Labute approximate surface area is 162 Å². The fourth-order valence-corrected chi connectivity index (χ4v) is 1.20. The minimum absolute atomic E-state index is 0. The van der Waals surface area contributed by atoms with Crippen molar-refractivity contribution >= 4 is 11.6 Å². The third-order valence-electron chi connectivity index (χ3n) is 1.92. The van der Waals surface area contributed by atoms with Crippen LogP contribution < -0.4 is 56.1 Å². The molecule has 0 aliphatic heterocycles. The zero-order valence-corrected chi connectivity index (χ0v) is 14.7. The zero-order chi connectivity index (χ0) is 14.3. The number of methoxy groups -OCH3 is 1. The number of benzene rings is 1. The number of halogens is 4. The van der Waals surface area contributed by atoms with Gasteiger partial charge in [0.1, 0.15) is 0 Å². The summed E-state index contributed by atoms with van der Waals surface area (Å²) in [5.41, 5.74) is -0.836. The molecule has 0 spiro atoms. The van der Waals surface area contributed by atoms with Crippen LogP contribution in [-0.4, -0.2) is 12.1 Å². The first-order valence-electron chi connectivity index (χ1n) is 5.04. The van der Waals surface area contributed by atoms with Crippen molar-refractivity contribution in [2.45, 2.75) is 6.18 Å². The van der Waals surface area contributed by atoms with Gasteiger partial charge in [0.05, 0.1) is 7.11 Å². The first-order valence-corrected chi connectivity index (χ1v) is 5.42. The number of pyridine rings is 1. The van der Waals surface area contributed by atoms with Crippen LogP contribution in [-0.2, 0) is 6.18 Å². The van der Waals surface area contributed by atoms with Gasteiger partial charge in [0, 0.05) is 10.9 Å². The van der Waals surface area contributed by atoms with Gasteiger partial charge in [0.2, 0.25) is 0 Å². The standard InChI is InChI=1S/C7H7O.C6H2ClF3N.K/c1-8-7-5-3-2-4-6-7;7-5-3-4(1-2-11-5)6(8,9)10;/h3-6H,1H3;1,3H;/q2*-1;+1. The Morgan fingerprint density at radius 2 is 1.85 bits per heavy atom. The van der Waals surface area contributed by atoms with Gasteiger partial charge in [-0.05, 0) is 0 Å². The largest absolute Gasteiger partial charge is 1.00 e. The smallest absolute Gasteiger partial charge is 0.522 e. The van der Waals surface area contributed by atoms with Crippen LogP contribution in [0.15, 0.2) is 36.4 Å². The Morgan fingerprint density at radius 3 is 2.20 bits per heavy atom. The van der Waals surface area contributed by atoms with E-state index in [1.165, 1.54) is 0 Å². The summed E-state index contributed by atoms with van der Waals surface area (Å²) in [4.78, 5) is 3.29. The molecule has 2 aromatic rings. The number of ether oxygens (including phenoxy) is 1. The van der Waals surface area contributed by atoms with Gasteiger partial charge in [-0.25, -0.2) is 0 Å². The van der Waals surface area contributed by atoms with E-state index in [2.05, 4.69) is 11.1 Å². The minimum atomic E-state index is -4.37. The number of alkyl halides is 3. The van der Waals surface area contributed by atoms with Gasteiger partial charge in [-0.15, -0.1) is 35.9 Å². The molecule has 0 atom stereocenters. The van der Waals surface area contributed by atoms with Crippen LogP contribution >= 0.6 is 11.6 Å². The van der Waals surface area contributed by atoms with Crippen molar-refractivity contribution in [1.29, 1.82) is 0 Å². The number of hydrogen-bond donors (Lipinski definition) is 0. The summed E-state index contributed by atoms with van der Waals surface area (Å²) in [7, 11) is 1.65. The SMILES string of the molecule is COc1cc[c-]cc1.FC(F)(F)c1c[c-]nc(Cl)c1.[K+]. The van der Waals surface area contributed by atoms with E-state index in [1.54, 1.807) is 7.11 Å². The van der Waals surface area contributed by atoms with E-state index in [0.717, 1.165) is 17.9 Å². The summed E-state index contributed by atoms with van der Waals surface area (Å²) in [6.45, 7) is 0. The molecule has 0 saturated heterocycles. The second-order valence-electron chi connectivity index (χ2n) is 3.25. The molecule has 7 heteroatoms. The molecule has 0 aliphatic carbocycles. The quantitative estimate of drug-likeness (QED) is 0.444. The van der Waals surface area contributed by atoms with Gasteiger partial charge < -0.3 is 9.72 Å². The van der Waals surface area contributed by atoms with Gasteiger partial charge in [-0.2, -0.15) is 31.4 Å². The van der Waals surface area contributed by atoms with E-state index in [4.69, 9.17) is 16.3 Å². The predicted octanol–water partition coefficient (Wildman–Crippen LogP) is 1.05. The third-order valence-corrected chi connectivity index (χ3v) is 2.11. The molecular formula is C13H9ClF3KNO-. The monoisotopic (exact) mass is 326 g/mol. The summed E-state index contributed by atoms with van der Waals surface area (Å²) < 4.78 is 40.5. The molecule has 2 rings (SSSR count). The maximum absolute atomic E-state index is 11.9. The molecule has 1 aromatic heterocycles. The number of rotatable bonds is 1. The Bertz CT molecular complexity index is 508. The van der Waals surface area contributed by atoms with Gasteiger partial charge in [0.25, 0.3) is 0 Å². The fraction of sp³-hybridized carbons (Fsp3) is 0.154. The van der Waals surface area contributed by atoms with Crippen molar-refractivity contribution in [1.82, 2.24) is 4.98 Å². The number of hydrogen-bond acceptors (Lipinski definition) is 2. The van der Waals surface area contributed by atoms with Crippen LogP contribution in [0.3, 0.4) is 0 Å². The predicted molar refractivity (Wildman–Crippen MR) is 64.9 cm³/mol. The molecule has 0 aliphatic rings. The van der Waals surface area contributed by atoms with Crippen LogP contribution in [0.5, 0.6) is 5.75 Å². The molecule has 1 aromatic carbocycles. The Kier molecular flexibility index (Phi) is 9.70. The maximum Gasteiger partial charge on any atom is 1.00 e. The second-order valence-corrected chi connectivity index (χ2v) is 3.63. The first-order chi connectivity index (χ1) is 8.93. The molecule has 0 fully saturated rings. The van der Waals surface area contributed by atoms with E-state index in [9.17, 15) is 13.2 Å². The third kappa shape index (κ3) is 7.61. The molecule has 102 valence electrons. The summed E-state index contributed by atoms with van der Waals surface area (Å²) >= 11 is 5.21. The van der Waals surface area contributed by atoms with Crippen molar-refractivity contribution in [3.05, 3.63) is 59.4 Å². The van der Waals surface area contributed by atoms with Crippen molar-refractivity contribution in [3.63, 3.8) is 0 Å². The van der Waals surface area contributed by atoms with Crippen LogP contribution in [0.1, 0.15) is 5.56 Å². The van der Waals surface area contributed by atoms with Crippen molar-refractivity contribution in [3.8, 4) is 5.75 Å². The number of aromatic nitrogens is 1. The summed E-state index contributed by atoms with van der Waals surface area (Å²) in [5, 5.41) is -0.208. The first kappa shape index (κ1) is 19.9. The van der Waals surface area contributed by atoms with Crippen molar-refractivity contribution < 1.29 is 69.3 Å². The molecule has 20 heavy (non-hydrogen) atoms. The van der Waals surface area contributed by atoms with E-state index >= 15 is 0 Å². The summed E-state index contributed by atoms with van der Waals surface area (Å²) in [5.74, 6) is 0.878. The van der Waals surface area contributed by atoms with Crippen LogP contribution in [0, 0.1) is 12.3 Å². The number of nitrogens with zero attached hydrogens (tertiary/aromatic N) is 1. The average Bonchev–Trinajstić information content (AvgIpc) is 2.39. The normalized spacial score (nSPS) is 9.85. The zero-order valence-electron chi connectivity index (χ0n) is 10.8. The molecule has 1 heterocycles. The van der Waals surface area contributed by atoms with Gasteiger partial charge in [0.15, 0.2) is 0 Å². The molecule has 0 N–H and O–H groups in total. The molecule has 0 radical (unpaired) electrons. The topological polar surface area (TPSA) is 22.1 Å². The molecule has 2 nitrogen and oxygen atoms in total.